The first-order valence-corrected chi connectivity index (χ1v) is 8.51. The van der Waals surface area contributed by atoms with Gasteiger partial charge in [-0.15, -0.1) is 0 Å². The van der Waals surface area contributed by atoms with Crippen molar-refractivity contribution in [3.05, 3.63) is 59.9 Å². The molecule has 5 N–H and O–H groups in total. The maximum absolute atomic E-state index is 12.0. The van der Waals surface area contributed by atoms with Crippen molar-refractivity contribution in [1.82, 2.24) is 15.6 Å². The molecule has 0 fully saturated rings. The number of nitrogens with one attached hydrogen (secondary N) is 3. The number of urea groups is 1. The van der Waals surface area contributed by atoms with Crippen LogP contribution in [0.25, 0.3) is 0 Å². The Morgan fingerprint density at radius 1 is 1.04 bits per heavy atom. The van der Waals surface area contributed by atoms with Gasteiger partial charge < -0.3 is 21.7 Å². The van der Waals surface area contributed by atoms with Crippen LogP contribution in [0, 0.1) is 5.92 Å². The van der Waals surface area contributed by atoms with Crippen molar-refractivity contribution in [2.45, 2.75) is 33.0 Å². The molecule has 0 aliphatic carbocycles. The summed E-state index contributed by atoms with van der Waals surface area (Å²) < 4.78 is 0. The number of amides is 3. The Kier molecular flexibility index (Phi) is 7.11. The predicted octanol–water partition coefficient (Wildman–Crippen LogP) is 2.00. The topological polar surface area (TPSA) is 109 Å². The van der Waals surface area contributed by atoms with Gasteiger partial charge in [0.25, 0.3) is 0 Å². The lowest BCUT2D eigenvalue weighted by atomic mass is 10.0. The van der Waals surface area contributed by atoms with E-state index in [1.54, 1.807) is 32.3 Å². The van der Waals surface area contributed by atoms with Crippen LogP contribution in [0.2, 0.25) is 0 Å². The molecule has 0 saturated carbocycles. The number of benzene rings is 1. The molecule has 7 nitrogen and oxygen atoms in total. The molecule has 1 heterocycles. The van der Waals surface area contributed by atoms with Gasteiger partial charge >= 0.3 is 6.03 Å². The summed E-state index contributed by atoms with van der Waals surface area (Å²) in [5.41, 5.74) is 8.25. The summed E-state index contributed by atoms with van der Waals surface area (Å²) in [6.07, 6.45) is 3.36. The molecule has 0 saturated heterocycles. The Morgan fingerprint density at radius 3 is 2.42 bits per heavy atom. The van der Waals surface area contributed by atoms with Gasteiger partial charge in [0, 0.05) is 43.1 Å². The molecule has 0 radical (unpaired) electrons. The normalized spacial score (nSPS) is 12.7. The summed E-state index contributed by atoms with van der Waals surface area (Å²) in [4.78, 5) is 27.9. The number of carbonyl (C=O) groups is 2. The fourth-order valence-electron chi connectivity index (χ4n) is 2.21. The van der Waals surface area contributed by atoms with Crippen molar-refractivity contribution in [1.29, 1.82) is 0 Å². The van der Waals surface area contributed by atoms with Crippen LogP contribution in [0.4, 0.5) is 10.5 Å². The molecule has 0 aliphatic heterocycles. The standard InChI is InChI=1S/C19H25N5O2/c1-13(14(2)20)18(25)22-12-16-4-3-5-17(10-16)24-19(26)23-11-15-6-8-21-9-7-15/h3-10,13-14H,11-12,20H2,1-2H3,(H,22,25)(H2,23,24,26). The van der Waals surface area contributed by atoms with Gasteiger partial charge in [-0.3, -0.25) is 9.78 Å². The SMILES string of the molecule is CC(N)C(C)C(=O)NCc1cccc(NC(=O)NCc2ccncc2)c1. The van der Waals surface area contributed by atoms with E-state index in [0.717, 1.165) is 11.1 Å². The third kappa shape index (κ3) is 6.18. The Morgan fingerprint density at radius 2 is 1.73 bits per heavy atom. The fourth-order valence-corrected chi connectivity index (χ4v) is 2.21. The molecule has 2 atom stereocenters. The Hall–Kier alpha value is -2.93. The van der Waals surface area contributed by atoms with E-state index in [2.05, 4.69) is 20.9 Å². The van der Waals surface area contributed by atoms with Gasteiger partial charge in [0.15, 0.2) is 0 Å². The lowest BCUT2D eigenvalue weighted by molar-refractivity contribution is -0.125. The summed E-state index contributed by atoms with van der Waals surface area (Å²) in [7, 11) is 0. The van der Waals surface area contributed by atoms with Crippen LogP contribution in [0.5, 0.6) is 0 Å². The number of aromatic nitrogens is 1. The van der Waals surface area contributed by atoms with Crippen molar-refractivity contribution in [2.24, 2.45) is 11.7 Å². The molecule has 0 aliphatic rings. The van der Waals surface area contributed by atoms with E-state index in [9.17, 15) is 9.59 Å². The van der Waals surface area contributed by atoms with E-state index in [-0.39, 0.29) is 23.9 Å². The third-order valence-corrected chi connectivity index (χ3v) is 4.06. The number of carbonyl (C=O) groups excluding carboxylic acids is 2. The van der Waals surface area contributed by atoms with E-state index >= 15 is 0 Å². The number of hydrogen-bond donors (Lipinski definition) is 4. The van der Waals surface area contributed by atoms with Gasteiger partial charge in [-0.05, 0) is 42.3 Å². The van der Waals surface area contributed by atoms with Crippen molar-refractivity contribution < 1.29 is 9.59 Å². The van der Waals surface area contributed by atoms with E-state index in [4.69, 9.17) is 5.73 Å². The summed E-state index contributed by atoms with van der Waals surface area (Å²) in [5.74, 6) is -0.344. The molecule has 138 valence electrons. The largest absolute Gasteiger partial charge is 0.352 e. The summed E-state index contributed by atoms with van der Waals surface area (Å²) >= 11 is 0. The van der Waals surface area contributed by atoms with E-state index in [1.807, 2.05) is 30.3 Å². The van der Waals surface area contributed by atoms with E-state index < -0.39 is 0 Å². The Bertz CT molecular complexity index is 734. The zero-order valence-corrected chi connectivity index (χ0v) is 15.0. The monoisotopic (exact) mass is 355 g/mol. The molecule has 0 spiro atoms. The van der Waals surface area contributed by atoms with Gasteiger partial charge in [-0.1, -0.05) is 19.1 Å². The van der Waals surface area contributed by atoms with E-state index in [0.29, 0.717) is 18.8 Å². The first-order valence-electron chi connectivity index (χ1n) is 8.51. The van der Waals surface area contributed by atoms with Gasteiger partial charge in [0.05, 0.1) is 0 Å². The van der Waals surface area contributed by atoms with Gasteiger partial charge in [0.2, 0.25) is 5.91 Å². The Labute approximate surface area is 153 Å². The lowest BCUT2D eigenvalue weighted by Gasteiger charge is -2.15. The second-order valence-corrected chi connectivity index (χ2v) is 6.23. The molecular weight excluding hydrogens is 330 g/mol. The molecule has 1 aromatic heterocycles. The van der Waals surface area contributed by atoms with Crippen LogP contribution in [-0.4, -0.2) is 23.0 Å². The van der Waals surface area contributed by atoms with Crippen LogP contribution >= 0.6 is 0 Å². The zero-order valence-electron chi connectivity index (χ0n) is 15.0. The van der Waals surface area contributed by atoms with Crippen molar-refractivity contribution >= 4 is 17.6 Å². The molecule has 0 bridgehead atoms. The Balaban J connectivity index is 1.84. The maximum Gasteiger partial charge on any atom is 0.319 e. The third-order valence-electron chi connectivity index (χ3n) is 4.06. The number of anilines is 1. The number of nitrogens with two attached hydrogens (primary N) is 1. The van der Waals surface area contributed by atoms with Crippen molar-refractivity contribution in [3.8, 4) is 0 Å². The highest BCUT2D eigenvalue weighted by Crippen LogP contribution is 2.11. The summed E-state index contributed by atoms with van der Waals surface area (Å²) in [6, 6.07) is 10.5. The minimum Gasteiger partial charge on any atom is -0.352 e. The van der Waals surface area contributed by atoms with Crippen molar-refractivity contribution in [3.63, 3.8) is 0 Å². The molecule has 7 heteroatoms. The number of hydrogen-bond acceptors (Lipinski definition) is 4. The van der Waals surface area contributed by atoms with Crippen LogP contribution in [0.3, 0.4) is 0 Å². The highest BCUT2D eigenvalue weighted by atomic mass is 16.2. The lowest BCUT2D eigenvalue weighted by Crippen LogP contribution is -2.38. The van der Waals surface area contributed by atoms with Crippen LogP contribution in [0.1, 0.15) is 25.0 Å². The molecule has 26 heavy (non-hydrogen) atoms. The molecule has 3 amide bonds. The molecule has 1 aromatic carbocycles. The number of nitrogens with zero attached hydrogens (tertiary/aromatic N) is 1. The fraction of sp³-hybridized carbons (Fsp3) is 0.316. The van der Waals surface area contributed by atoms with Crippen LogP contribution in [-0.2, 0) is 17.9 Å². The predicted molar refractivity (Wildman–Crippen MR) is 101 cm³/mol. The zero-order chi connectivity index (χ0) is 18.9. The van der Waals surface area contributed by atoms with Gasteiger partial charge in [0.1, 0.15) is 0 Å². The number of rotatable bonds is 7. The minimum absolute atomic E-state index is 0.0894. The van der Waals surface area contributed by atoms with Crippen molar-refractivity contribution in [2.75, 3.05) is 5.32 Å². The van der Waals surface area contributed by atoms with Crippen LogP contribution in [0.15, 0.2) is 48.8 Å². The smallest absolute Gasteiger partial charge is 0.319 e. The quantitative estimate of drug-likeness (QED) is 0.609. The number of pyridine rings is 1. The first-order chi connectivity index (χ1) is 12.5. The maximum atomic E-state index is 12.0. The summed E-state index contributed by atoms with van der Waals surface area (Å²) in [6.45, 7) is 4.40. The van der Waals surface area contributed by atoms with Crippen LogP contribution < -0.4 is 21.7 Å². The van der Waals surface area contributed by atoms with Gasteiger partial charge in [-0.2, -0.15) is 0 Å². The molecule has 2 rings (SSSR count). The highest BCUT2D eigenvalue weighted by molar-refractivity contribution is 5.89. The molecular formula is C19H25N5O2. The second kappa shape index (κ2) is 9.53. The second-order valence-electron chi connectivity index (χ2n) is 6.23. The first kappa shape index (κ1) is 19.4. The summed E-state index contributed by atoms with van der Waals surface area (Å²) in [5, 5.41) is 8.42. The average molecular weight is 355 g/mol. The van der Waals surface area contributed by atoms with E-state index in [1.165, 1.54) is 0 Å². The molecule has 2 aromatic rings. The minimum atomic E-state index is -0.298. The molecule has 2 unspecified atom stereocenters. The average Bonchev–Trinajstić information content (AvgIpc) is 2.65. The highest BCUT2D eigenvalue weighted by Gasteiger charge is 2.16. The van der Waals surface area contributed by atoms with Gasteiger partial charge in [-0.25, -0.2) is 4.79 Å².